The average molecular weight is 640 g/mol. The van der Waals surface area contributed by atoms with Crippen molar-refractivity contribution in [3.63, 3.8) is 0 Å². The quantitative estimate of drug-likeness (QED) is 0.206. The molecule has 0 atom stereocenters. The van der Waals surface area contributed by atoms with Crippen molar-refractivity contribution in [3.05, 3.63) is 55.9 Å². The Kier molecular flexibility index (Phi) is 11.3. The molecule has 12 heteroatoms. The number of hydrogen-bond donors (Lipinski definition) is 1. The van der Waals surface area contributed by atoms with Crippen LogP contribution in [0.15, 0.2) is 39.7 Å². The molecule has 1 aliphatic heterocycles. The number of nitrogens with one attached hydrogen (secondary N) is 1. The largest absolute Gasteiger partial charge is 0.490 e. The number of hydrogen-bond acceptors (Lipinski definition) is 8. The molecule has 39 heavy (non-hydrogen) atoms. The third-order valence-electron chi connectivity index (χ3n) is 5.16. The molecule has 1 heterocycles. The molecule has 1 aliphatic rings. The predicted octanol–water partition coefficient (Wildman–Crippen LogP) is 6.53. The van der Waals surface area contributed by atoms with Gasteiger partial charge in [0.2, 0.25) is 5.91 Å². The second-order valence-electron chi connectivity index (χ2n) is 8.26. The summed E-state index contributed by atoms with van der Waals surface area (Å²) in [5.41, 5.74) is 0.988. The Balaban J connectivity index is 1.73. The summed E-state index contributed by atoms with van der Waals surface area (Å²) in [5, 5.41) is 2.19. The first-order chi connectivity index (χ1) is 18.7. The number of halogens is 2. The van der Waals surface area contributed by atoms with E-state index in [9.17, 15) is 19.2 Å². The summed E-state index contributed by atoms with van der Waals surface area (Å²) < 4.78 is 17.2. The molecule has 1 N–H and O–H groups in total. The molecule has 1 saturated heterocycles. The van der Waals surface area contributed by atoms with Gasteiger partial charge in [0, 0.05) is 5.69 Å². The Labute approximate surface area is 244 Å². The number of benzene rings is 2. The number of esters is 1. The van der Waals surface area contributed by atoms with E-state index in [0.717, 1.165) is 23.1 Å². The van der Waals surface area contributed by atoms with Crippen molar-refractivity contribution in [3.8, 4) is 11.5 Å². The summed E-state index contributed by atoms with van der Waals surface area (Å²) in [6.07, 6.45) is 3.04. The summed E-state index contributed by atoms with van der Waals surface area (Å²) in [7, 11) is 0. The van der Waals surface area contributed by atoms with E-state index < -0.39 is 29.6 Å². The molecule has 0 bridgehead atoms. The van der Waals surface area contributed by atoms with Gasteiger partial charge >= 0.3 is 5.97 Å². The summed E-state index contributed by atoms with van der Waals surface area (Å²) in [5.74, 6) is -0.762. The predicted molar refractivity (Wildman–Crippen MR) is 154 cm³/mol. The van der Waals surface area contributed by atoms with Crippen molar-refractivity contribution < 1.29 is 33.4 Å². The van der Waals surface area contributed by atoms with Gasteiger partial charge in [-0.15, -0.1) is 0 Å². The first-order valence-electron chi connectivity index (χ1n) is 12.3. The third kappa shape index (κ3) is 8.00. The normalized spacial score (nSPS) is 14.1. The maximum atomic E-state index is 13.0. The van der Waals surface area contributed by atoms with E-state index >= 15 is 0 Å². The van der Waals surface area contributed by atoms with Crippen LogP contribution in [-0.4, -0.2) is 54.3 Å². The van der Waals surface area contributed by atoms with E-state index in [1.54, 1.807) is 18.2 Å². The van der Waals surface area contributed by atoms with Crippen molar-refractivity contribution in [2.24, 2.45) is 0 Å². The number of ether oxygens (including phenoxy) is 3. The molecule has 3 rings (SSSR count). The number of thioether (sulfide) groups is 1. The Morgan fingerprint density at radius 1 is 1.08 bits per heavy atom. The number of amides is 3. The lowest BCUT2D eigenvalue weighted by molar-refractivity contribution is -0.127. The molecule has 0 spiro atoms. The number of imide groups is 1. The molecule has 0 radical (unpaired) electrons. The third-order valence-corrected chi connectivity index (χ3v) is 6.99. The van der Waals surface area contributed by atoms with E-state index in [1.165, 1.54) is 18.2 Å². The van der Waals surface area contributed by atoms with Crippen LogP contribution in [0.25, 0.3) is 6.08 Å². The van der Waals surface area contributed by atoms with Gasteiger partial charge in [-0.25, -0.2) is 4.79 Å². The molecule has 0 saturated carbocycles. The van der Waals surface area contributed by atoms with Gasteiger partial charge in [0.05, 0.1) is 39.8 Å². The molecule has 208 valence electrons. The maximum absolute atomic E-state index is 13.0. The summed E-state index contributed by atoms with van der Waals surface area (Å²) in [6.45, 7) is 6.37. The Bertz CT molecular complexity index is 1300. The first-order valence-corrected chi connectivity index (χ1v) is 14.3. The van der Waals surface area contributed by atoms with Gasteiger partial charge in [-0.1, -0.05) is 25.4 Å². The van der Waals surface area contributed by atoms with Crippen molar-refractivity contribution in [1.82, 2.24) is 4.90 Å². The molecule has 9 nitrogen and oxygen atoms in total. The molecule has 0 aliphatic carbocycles. The lowest BCUT2D eigenvalue weighted by atomic mass is 10.1. The van der Waals surface area contributed by atoms with E-state index in [2.05, 4.69) is 21.2 Å². The van der Waals surface area contributed by atoms with Gasteiger partial charge in [-0.05, 0) is 89.4 Å². The standard InChI is InChI=1S/C27H28BrClN2O7S/c1-4-9-37-24-19(28)11-16(12-21(24)36-6-3)13-22-25(33)31(27(35)39-22)15-23(32)30-17-7-8-20(29)18(14-17)26(34)38-10-5-2/h7-8,11-14H,4-6,9-10,15H2,1-3H3,(H,30,32)/b22-13-. The smallest absolute Gasteiger partial charge is 0.339 e. The highest BCUT2D eigenvalue weighted by Crippen LogP contribution is 2.39. The Morgan fingerprint density at radius 3 is 2.51 bits per heavy atom. The minimum Gasteiger partial charge on any atom is -0.490 e. The van der Waals surface area contributed by atoms with Gasteiger partial charge in [-0.3, -0.25) is 19.3 Å². The molecule has 0 aromatic heterocycles. The van der Waals surface area contributed by atoms with Crippen molar-refractivity contribution in [2.75, 3.05) is 31.7 Å². The van der Waals surface area contributed by atoms with E-state index in [4.69, 9.17) is 25.8 Å². The molecular weight excluding hydrogens is 612 g/mol. The highest BCUT2D eigenvalue weighted by molar-refractivity contribution is 9.10. The molecule has 2 aromatic rings. The monoisotopic (exact) mass is 638 g/mol. The number of anilines is 1. The van der Waals surface area contributed by atoms with Crippen LogP contribution in [-0.2, 0) is 14.3 Å². The van der Waals surface area contributed by atoms with E-state index in [-0.39, 0.29) is 27.8 Å². The SMILES string of the molecule is CCCOC(=O)c1cc(NC(=O)CN2C(=O)S/C(=C\c3cc(Br)c(OCCC)c(OCC)c3)C2=O)ccc1Cl. The Morgan fingerprint density at radius 2 is 1.82 bits per heavy atom. The molecule has 0 unspecified atom stereocenters. The van der Waals surface area contributed by atoms with Crippen LogP contribution in [0.3, 0.4) is 0 Å². The van der Waals surface area contributed by atoms with Crippen molar-refractivity contribution in [1.29, 1.82) is 0 Å². The van der Waals surface area contributed by atoms with Crippen LogP contribution in [0.2, 0.25) is 5.02 Å². The minimum atomic E-state index is -0.618. The molecule has 1 fully saturated rings. The van der Waals surface area contributed by atoms with Gasteiger partial charge < -0.3 is 19.5 Å². The molecule has 2 aromatic carbocycles. The van der Waals surface area contributed by atoms with Crippen LogP contribution in [0, 0.1) is 0 Å². The van der Waals surface area contributed by atoms with Crippen molar-refractivity contribution >= 4 is 74.1 Å². The van der Waals surface area contributed by atoms with Crippen LogP contribution >= 0.6 is 39.3 Å². The van der Waals surface area contributed by atoms with Gasteiger partial charge in [-0.2, -0.15) is 0 Å². The second-order valence-corrected chi connectivity index (χ2v) is 10.5. The fraction of sp³-hybridized carbons (Fsp3) is 0.333. The molecule has 3 amide bonds. The number of carbonyl (C=O) groups is 4. The number of nitrogens with zero attached hydrogens (tertiary/aromatic N) is 1. The zero-order valence-corrected chi connectivity index (χ0v) is 24.8. The van der Waals surface area contributed by atoms with Gasteiger partial charge in [0.25, 0.3) is 11.1 Å². The molecular formula is C27H28BrClN2O7S. The topological polar surface area (TPSA) is 111 Å². The van der Waals surface area contributed by atoms with Crippen LogP contribution < -0.4 is 14.8 Å². The lowest BCUT2D eigenvalue weighted by Gasteiger charge is -2.14. The average Bonchev–Trinajstić information content (AvgIpc) is 3.15. The zero-order valence-electron chi connectivity index (χ0n) is 21.7. The number of carbonyl (C=O) groups excluding carboxylic acids is 4. The number of rotatable bonds is 12. The van der Waals surface area contributed by atoms with Crippen LogP contribution in [0.1, 0.15) is 49.5 Å². The summed E-state index contributed by atoms with van der Waals surface area (Å²) in [4.78, 5) is 51.5. The van der Waals surface area contributed by atoms with E-state index in [1.807, 2.05) is 20.8 Å². The second kappa shape index (κ2) is 14.4. The zero-order chi connectivity index (χ0) is 28.5. The Hall–Kier alpha value is -3.02. The maximum Gasteiger partial charge on any atom is 0.339 e. The summed E-state index contributed by atoms with van der Waals surface area (Å²) >= 11 is 10.3. The van der Waals surface area contributed by atoms with Crippen molar-refractivity contribution in [2.45, 2.75) is 33.6 Å². The fourth-order valence-electron chi connectivity index (χ4n) is 3.44. The highest BCUT2D eigenvalue weighted by Gasteiger charge is 2.36. The van der Waals surface area contributed by atoms with Gasteiger partial charge in [0.15, 0.2) is 11.5 Å². The fourth-order valence-corrected chi connectivity index (χ4v) is 5.05. The summed E-state index contributed by atoms with van der Waals surface area (Å²) in [6, 6.07) is 7.83. The highest BCUT2D eigenvalue weighted by atomic mass is 79.9. The van der Waals surface area contributed by atoms with Crippen LogP contribution in [0.5, 0.6) is 11.5 Å². The van der Waals surface area contributed by atoms with Gasteiger partial charge in [0.1, 0.15) is 6.54 Å². The van der Waals surface area contributed by atoms with Crippen LogP contribution in [0.4, 0.5) is 10.5 Å². The van der Waals surface area contributed by atoms with E-state index in [0.29, 0.717) is 41.2 Å². The minimum absolute atomic E-state index is 0.0979. The lowest BCUT2D eigenvalue weighted by Crippen LogP contribution is -2.36. The first kappa shape index (κ1) is 30.5.